The molecule has 1 atom stereocenters. The fourth-order valence-corrected chi connectivity index (χ4v) is 0.884. The van der Waals surface area contributed by atoms with Crippen molar-refractivity contribution in [3.05, 3.63) is 29.3 Å². The van der Waals surface area contributed by atoms with Crippen LogP contribution in [0.4, 0.5) is 0 Å². The molecule has 4 heteroatoms. The van der Waals surface area contributed by atoms with E-state index < -0.39 is 0 Å². The molecule has 2 nitrogen and oxygen atoms in total. The smallest absolute Gasteiger partial charge is 0.119 e. The standard InChI is InChI=1S/C9H12ClNO.ClH/c1-7(11)6-12-9-4-2-8(10)3-5-9;/h2-5,7H,6,11H2,1H3;1H. The van der Waals surface area contributed by atoms with Gasteiger partial charge in [0.15, 0.2) is 0 Å². The third-order valence-corrected chi connectivity index (χ3v) is 1.58. The lowest BCUT2D eigenvalue weighted by Crippen LogP contribution is -2.23. The Bertz CT molecular complexity index is 236. The number of benzene rings is 1. The number of hydrogen-bond acceptors (Lipinski definition) is 2. The molecule has 1 aromatic rings. The molecule has 74 valence electrons. The monoisotopic (exact) mass is 221 g/mol. The fourth-order valence-electron chi connectivity index (χ4n) is 0.758. The summed E-state index contributed by atoms with van der Waals surface area (Å²) in [6.07, 6.45) is 0. The summed E-state index contributed by atoms with van der Waals surface area (Å²) in [5.74, 6) is 0.803. The zero-order valence-corrected chi connectivity index (χ0v) is 8.94. The highest BCUT2D eigenvalue weighted by atomic mass is 35.5. The molecule has 0 saturated carbocycles. The van der Waals surface area contributed by atoms with Crippen LogP contribution in [0.3, 0.4) is 0 Å². The minimum atomic E-state index is 0. The third kappa shape index (κ3) is 4.98. The zero-order chi connectivity index (χ0) is 8.97. The summed E-state index contributed by atoms with van der Waals surface area (Å²) in [7, 11) is 0. The number of nitrogens with two attached hydrogens (primary N) is 1. The van der Waals surface area contributed by atoms with Crippen molar-refractivity contribution in [3.63, 3.8) is 0 Å². The lowest BCUT2D eigenvalue weighted by molar-refractivity contribution is 0.296. The Hall–Kier alpha value is -0.440. The first-order valence-electron chi connectivity index (χ1n) is 3.82. The van der Waals surface area contributed by atoms with Crippen molar-refractivity contribution < 1.29 is 4.74 Å². The van der Waals surface area contributed by atoms with E-state index in [1.54, 1.807) is 12.1 Å². The van der Waals surface area contributed by atoms with E-state index in [4.69, 9.17) is 22.1 Å². The molecular formula is C9H13Cl2NO. The van der Waals surface area contributed by atoms with Crippen LogP contribution < -0.4 is 10.5 Å². The predicted molar refractivity (Wildman–Crippen MR) is 57.8 cm³/mol. The van der Waals surface area contributed by atoms with E-state index >= 15 is 0 Å². The molecule has 0 aliphatic carbocycles. The van der Waals surface area contributed by atoms with Gasteiger partial charge in [-0.2, -0.15) is 0 Å². The molecule has 1 rings (SSSR count). The van der Waals surface area contributed by atoms with Crippen LogP contribution in [0.1, 0.15) is 6.92 Å². The van der Waals surface area contributed by atoms with Gasteiger partial charge < -0.3 is 10.5 Å². The van der Waals surface area contributed by atoms with E-state index in [1.807, 2.05) is 19.1 Å². The normalized spacial score (nSPS) is 11.6. The Kier molecular flexibility index (Phi) is 5.88. The lowest BCUT2D eigenvalue weighted by atomic mass is 10.3. The first kappa shape index (κ1) is 12.6. The second-order valence-electron chi connectivity index (χ2n) is 2.74. The number of ether oxygens (including phenoxy) is 1. The van der Waals surface area contributed by atoms with E-state index in [0.717, 1.165) is 5.75 Å². The highest BCUT2D eigenvalue weighted by Crippen LogP contribution is 2.15. The Morgan fingerprint density at radius 1 is 1.38 bits per heavy atom. The first-order chi connectivity index (χ1) is 5.68. The molecule has 0 aromatic heterocycles. The van der Waals surface area contributed by atoms with E-state index in [-0.39, 0.29) is 18.4 Å². The Labute approximate surface area is 89.4 Å². The lowest BCUT2D eigenvalue weighted by Gasteiger charge is -2.07. The first-order valence-corrected chi connectivity index (χ1v) is 4.20. The predicted octanol–water partition coefficient (Wildman–Crippen LogP) is 2.49. The van der Waals surface area contributed by atoms with Crippen LogP contribution >= 0.6 is 24.0 Å². The maximum atomic E-state index is 5.69. The van der Waals surface area contributed by atoms with Crippen molar-refractivity contribution in [3.8, 4) is 5.75 Å². The van der Waals surface area contributed by atoms with Crippen LogP contribution in [0.25, 0.3) is 0 Å². The molecule has 0 heterocycles. The summed E-state index contributed by atoms with van der Waals surface area (Å²) in [5.41, 5.74) is 5.52. The molecule has 2 N–H and O–H groups in total. The van der Waals surface area contributed by atoms with Crippen molar-refractivity contribution in [2.75, 3.05) is 6.61 Å². The van der Waals surface area contributed by atoms with Gasteiger partial charge in [-0.15, -0.1) is 12.4 Å². The average molecular weight is 222 g/mol. The largest absolute Gasteiger partial charge is 0.492 e. The van der Waals surface area contributed by atoms with Crippen molar-refractivity contribution >= 4 is 24.0 Å². The summed E-state index contributed by atoms with van der Waals surface area (Å²) in [4.78, 5) is 0. The summed E-state index contributed by atoms with van der Waals surface area (Å²) >= 11 is 5.69. The maximum absolute atomic E-state index is 5.69. The van der Waals surface area contributed by atoms with Gasteiger partial charge in [0.1, 0.15) is 12.4 Å². The molecule has 0 aliphatic rings. The zero-order valence-electron chi connectivity index (χ0n) is 7.37. The molecule has 0 fully saturated rings. The topological polar surface area (TPSA) is 35.2 Å². The molecule has 0 bridgehead atoms. The molecular weight excluding hydrogens is 209 g/mol. The van der Waals surface area contributed by atoms with Crippen LogP contribution in [0.2, 0.25) is 5.02 Å². The van der Waals surface area contributed by atoms with Gasteiger partial charge >= 0.3 is 0 Å². The summed E-state index contributed by atoms with van der Waals surface area (Å²) in [5, 5.41) is 0.711. The minimum Gasteiger partial charge on any atom is -0.492 e. The van der Waals surface area contributed by atoms with E-state index in [1.165, 1.54) is 0 Å². The van der Waals surface area contributed by atoms with E-state index in [2.05, 4.69) is 0 Å². The highest BCUT2D eigenvalue weighted by Gasteiger charge is 1.96. The quantitative estimate of drug-likeness (QED) is 0.852. The van der Waals surface area contributed by atoms with Crippen LogP contribution in [-0.2, 0) is 0 Å². The van der Waals surface area contributed by atoms with Gasteiger partial charge in [-0.25, -0.2) is 0 Å². The Morgan fingerprint density at radius 3 is 2.38 bits per heavy atom. The van der Waals surface area contributed by atoms with Gasteiger partial charge in [-0.3, -0.25) is 0 Å². The molecule has 1 unspecified atom stereocenters. The van der Waals surface area contributed by atoms with Gasteiger partial charge in [-0.1, -0.05) is 11.6 Å². The van der Waals surface area contributed by atoms with Crippen LogP contribution in [0.5, 0.6) is 5.75 Å². The van der Waals surface area contributed by atoms with Gasteiger partial charge in [0.2, 0.25) is 0 Å². The second kappa shape index (κ2) is 6.08. The second-order valence-corrected chi connectivity index (χ2v) is 3.18. The minimum absolute atomic E-state index is 0. The molecule has 1 aromatic carbocycles. The molecule has 0 aliphatic heterocycles. The highest BCUT2D eigenvalue weighted by molar-refractivity contribution is 6.30. The molecule has 0 radical (unpaired) electrons. The van der Waals surface area contributed by atoms with Crippen molar-refractivity contribution in [1.82, 2.24) is 0 Å². The average Bonchev–Trinajstić information content (AvgIpc) is 2.03. The Balaban J connectivity index is 0.00000144. The number of halogens is 2. The number of rotatable bonds is 3. The SMILES string of the molecule is CC(N)COc1ccc(Cl)cc1.Cl. The van der Waals surface area contributed by atoms with E-state index in [9.17, 15) is 0 Å². The number of hydrogen-bond donors (Lipinski definition) is 1. The Morgan fingerprint density at radius 2 is 1.92 bits per heavy atom. The molecule has 0 amide bonds. The summed E-state index contributed by atoms with van der Waals surface area (Å²) in [6, 6.07) is 7.28. The van der Waals surface area contributed by atoms with Crippen LogP contribution in [-0.4, -0.2) is 12.6 Å². The van der Waals surface area contributed by atoms with Crippen LogP contribution in [0.15, 0.2) is 24.3 Å². The maximum Gasteiger partial charge on any atom is 0.119 e. The van der Waals surface area contributed by atoms with Gasteiger partial charge in [0.25, 0.3) is 0 Å². The fraction of sp³-hybridized carbons (Fsp3) is 0.333. The third-order valence-electron chi connectivity index (χ3n) is 1.33. The molecule has 13 heavy (non-hydrogen) atoms. The van der Waals surface area contributed by atoms with E-state index in [0.29, 0.717) is 11.6 Å². The van der Waals surface area contributed by atoms with Crippen molar-refractivity contribution in [2.24, 2.45) is 5.73 Å². The van der Waals surface area contributed by atoms with Crippen molar-refractivity contribution in [1.29, 1.82) is 0 Å². The van der Waals surface area contributed by atoms with Gasteiger partial charge in [0, 0.05) is 11.1 Å². The van der Waals surface area contributed by atoms with Gasteiger partial charge in [0.05, 0.1) is 0 Å². The van der Waals surface area contributed by atoms with Gasteiger partial charge in [-0.05, 0) is 31.2 Å². The van der Waals surface area contributed by atoms with Crippen LogP contribution in [0, 0.1) is 0 Å². The molecule has 0 spiro atoms. The summed E-state index contributed by atoms with van der Waals surface area (Å²) < 4.78 is 5.34. The van der Waals surface area contributed by atoms with Crippen molar-refractivity contribution in [2.45, 2.75) is 13.0 Å². The summed E-state index contributed by atoms with van der Waals surface area (Å²) in [6.45, 7) is 2.43. The molecule has 0 saturated heterocycles.